The summed E-state index contributed by atoms with van der Waals surface area (Å²) in [5.41, 5.74) is 0. The van der Waals surface area contributed by atoms with Crippen LogP contribution in [0.4, 0.5) is 0 Å². The number of piperidine rings is 1. The number of hydrogen-bond donors (Lipinski definition) is 1. The Labute approximate surface area is 109 Å². The molecule has 104 valence electrons. The number of sulfone groups is 1. The van der Waals surface area contributed by atoms with Crippen LogP contribution in [0, 0.1) is 5.92 Å². The van der Waals surface area contributed by atoms with Gasteiger partial charge < -0.3 is 10.2 Å². The standard InChI is InChI=1S/C12H22N2O3S/c1-9-4-3-6-13-11(9)12(15)14(2)10-5-7-18(16,17)8-10/h9-11,13H,3-8H2,1-2H3. The van der Waals surface area contributed by atoms with Gasteiger partial charge in [-0.25, -0.2) is 8.42 Å². The molecule has 6 heteroatoms. The summed E-state index contributed by atoms with van der Waals surface area (Å²) in [5.74, 6) is 0.704. The zero-order valence-corrected chi connectivity index (χ0v) is 11.9. The van der Waals surface area contributed by atoms with Gasteiger partial charge >= 0.3 is 0 Å². The van der Waals surface area contributed by atoms with E-state index in [9.17, 15) is 13.2 Å². The first kappa shape index (κ1) is 13.8. The number of nitrogens with zero attached hydrogens (tertiary/aromatic N) is 1. The molecule has 0 radical (unpaired) electrons. The molecule has 0 aliphatic carbocycles. The van der Waals surface area contributed by atoms with Crippen LogP contribution in [0.2, 0.25) is 0 Å². The molecule has 0 aromatic heterocycles. The molecule has 0 aromatic rings. The summed E-state index contributed by atoms with van der Waals surface area (Å²) in [6.45, 7) is 2.95. The molecule has 5 nitrogen and oxygen atoms in total. The summed E-state index contributed by atoms with van der Waals surface area (Å²) in [6, 6.07) is -0.287. The SMILES string of the molecule is CC1CCCNC1C(=O)N(C)C1CCS(=O)(=O)C1. The Hall–Kier alpha value is -0.620. The summed E-state index contributed by atoms with van der Waals surface area (Å²) < 4.78 is 22.9. The smallest absolute Gasteiger partial charge is 0.240 e. The Bertz CT molecular complexity index is 421. The lowest BCUT2D eigenvalue weighted by Crippen LogP contribution is -2.53. The minimum Gasteiger partial charge on any atom is -0.340 e. The van der Waals surface area contributed by atoms with E-state index < -0.39 is 9.84 Å². The van der Waals surface area contributed by atoms with Crippen LogP contribution in [-0.4, -0.2) is 56.4 Å². The molecule has 2 aliphatic rings. The Balaban J connectivity index is 2.00. The van der Waals surface area contributed by atoms with Crippen molar-refractivity contribution in [1.29, 1.82) is 0 Å². The summed E-state index contributed by atoms with van der Waals surface area (Å²) in [5, 5.41) is 3.25. The van der Waals surface area contributed by atoms with Gasteiger partial charge in [0.1, 0.15) is 0 Å². The highest BCUT2D eigenvalue weighted by Crippen LogP contribution is 2.21. The highest BCUT2D eigenvalue weighted by Gasteiger charge is 2.36. The maximum absolute atomic E-state index is 12.4. The predicted molar refractivity (Wildman–Crippen MR) is 70.0 cm³/mol. The summed E-state index contributed by atoms with van der Waals surface area (Å²) in [4.78, 5) is 14.0. The minimum atomic E-state index is -2.93. The van der Waals surface area contributed by atoms with Gasteiger partial charge in [0.2, 0.25) is 5.91 Å². The van der Waals surface area contributed by atoms with Crippen LogP contribution < -0.4 is 5.32 Å². The zero-order valence-electron chi connectivity index (χ0n) is 11.1. The van der Waals surface area contributed by atoms with Gasteiger partial charge in [-0.05, 0) is 31.7 Å². The molecule has 0 saturated carbocycles. The van der Waals surface area contributed by atoms with E-state index in [1.54, 1.807) is 11.9 Å². The van der Waals surface area contributed by atoms with Gasteiger partial charge in [0.05, 0.1) is 17.5 Å². The first-order chi connectivity index (χ1) is 8.41. The molecule has 0 bridgehead atoms. The molecule has 3 atom stereocenters. The van der Waals surface area contributed by atoms with E-state index in [2.05, 4.69) is 12.2 Å². The number of hydrogen-bond acceptors (Lipinski definition) is 4. The second kappa shape index (κ2) is 5.17. The average Bonchev–Trinajstić information content (AvgIpc) is 2.68. The lowest BCUT2D eigenvalue weighted by molar-refractivity contribution is -0.135. The van der Waals surface area contributed by atoms with Crippen molar-refractivity contribution >= 4 is 15.7 Å². The summed E-state index contributed by atoms with van der Waals surface area (Å²) in [6.07, 6.45) is 2.73. The van der Waals surface area contributed by atoms with Gasteiger partial charge in [0.25, 0.3) is 0 Å². The van der Waals surface area contributed by atoms with E-state index in [0.29, 0.717) is 12.3 Å². The maximum Gasteiger partial charge on any atom is 0.240 e. The van der Waals surface area contributed by atoms with Crippen molar-refractivity contribution in [2.75, 3.05) is 25.1 Å². The summed E-state index contributed by atoms with van der Waals surface area (Å²) >= 11 is 0. The molecule has 0 spiro atoms. The molecule has 2 rings (SSSR count). The van der Waals surface area contributed by atoms with Crippen molar-refractivity contribution in [2.45, 2.75) is 38.3 Å². The van der Waals surface area contributed by atoms with E-state index >= 15 is 0 Å². The lowest BCUT2D eigenvalue weighted by Gasteiger charge is -2.34. The maximum atomic E-state index is 12.4. The number of nitrogens with one attached hydrogen (secondary N) is 1. The summed E-state index contributed by atoms with van der Waals surface area (Å²) in [7, 11) is -1.20. The van der Waals surface area contributed by atoms with Crippen molar-refractivity contribution in [2.24, 2.45) is 5.92 Å². The van der Waals surface area contributed by atoms with Gasteiger partial charge in [0.15, 0.2) is 9.84 Å². The van der Waals surface area contributed by atoms with E-state index in [0.717, 1.165) is 19.4 Å². The minimum absolute atomic E-state index is 0.0456. The normalized spacial score (nSPS) is 35.3. The molecule has 3 unspecified atom stereocenters. The van der Waals surface area contributed by atoms with Gasteiger partial charge in [-0.15, -0.1) is 0 Å². The van der Waals surface area contributed by atoms with Crippen LogP contribution in [0.25, 0.3) is 0 Å². The van der Waals surface area contributed by atoms with Gasteiger partial charge in [-0.3, -0.25) is 4.79 Å². The monoisotopic (exact) mass is 274 g/mol. The molecule has 2 heterocycles. The fourth-order valence-electron chi connectivity index (χ4n) is 2.86. The molecule has 18 heavy (non-hydrogen) atoms. The molecule has 1 amide bonds. The Morgan fingerprint density at radius 1 is 1.33 bits per heavy atom. The number of carbonyl (C=O) groups excluding carboxylic acids is 1. The fourth-order valence-corrected chi connectivity index (χ4v) is 4.63. The van der Waals surface area contributed by atoms with Crippen molar-refractivity contribution < 1.29 is 13.2 Å². The van der Waals surface area contributed by atoms with Crippen LogP contribution in [0.5, 0.6) is 0 Å². The van der Waals surface area contributed by atoms with Gasteiger partial charge in [0, 0.05) is 13.1 Å². The first-order valence-electron chi connectivity index (χ1n) is 6.61. The van der Waals surface area contributed by atoms with Crippen LogP contribution in [0.3, 0.4) is 0 Å². The lowest BCUT2D eigenvalue weighted by atomic mass is 9.91. The quantitative estimate of drug-likeness (QED) is 0.771. The van der Waals surface area contributed by atoms with Gasteiger partial charge in [-0.1, -0.05) is 6.92 Å². The van der Waals surface area contributed by atoms with Crippen LogP contribution >= 0.6 is 0 Å². The molecule has 0 aromatic carbocycles. The van der Waals surface area contributed by atoms with E-state index in [1.165, 1.54) is 0 Å². The van der Waals surface area contributed by atoms with Gasteiger partial charge in [-0.2, -0.15) is 0 Å². The third kappa shape index (κ3) is 2.85. The molecule has 2 aliphatic heterocycles. The second-order valence-electron chi connectivity index (χ2n) is 5.56. The largest absolute Gasteiger partial charge is 0.340 e. The fraction of sp³-hybridized carbons (Fsp3) is 0.917. The van der Waals surface area contributed by atoms with E-state index in [4.69, 9.17) is 0 Å². The highest BCUT2D eigenvalue weighted by molar-refractivity contribution is 7.91. The van der Waals surface area contributed by atoms with Crippen LogP contribution in [0.15, 0.2) is 0 Å². The Kier molecular flexibility index (Phi) is 3.96. The molecular formula is C12H22N2O3S. The number of rotatable bonds is 2. The predicted octanol–water partition coefficient (Wildman–Crippen LogP) is 0.0200. The number of amides is 1. The van der Waals surface area contributed by atoms with E-state index in [-0.39, 0.29) is 29.5 Å². The highest BCUT2D eigenvalue weighted by atomic mass is 32.2. The van der Waals surface area contributed by atoms with E-state index in [1.807, 2.05) is 0 Å². The van der Waals surface area contributed by atoms with Crippen molar-refractivity contribution in [1.82, 2.24) is 10.2 Å². The third-order valence-electron chi connectivity index (χ3n) is 4.14. The molecule has 1 N–H and O–H groups in total. The van der Waals surface area contributed by atoms with Crippen molar-refractivity contribution in [3.05, 3.63) is 0 Å². The van der Waals surface area contributed by atoms with Crippen LogP contribution in [-0.2, 0) is 14.6 Å². The average molecular weight is 274 g/mol. The molecule has 2 fully saturated rings. The second-order valence-corrected chi connectivity index (χ2v) is 7.79. The van der Waals surface area contributed by atoms with Crippen molar-refractivity contribution in [3.8, 4) is 0 Å². The number of likely N-dealkylation sites (N-methyl/N-ethyl adjacent to an activating group) is 1. The molecule has 2 saturated heterocycles. The van der Waals surface area contributed by atoms with Crippen molar-refractivity contribution in [3.63, 3.8) is 0 Å². The zero-order chi connectivity index (χ0) is 13.3. The Morgan fingerprint density at radius 3 is 2.61 bits per heavy atom. The Morgan fingerprint density at radius 2 is 2.06 bits per heavy atom. The molecular weight excluding hydrogens is 252 g/mol. The number of carbonyl (C=O) groups is 1. The third-order valence-corrected chi connectivity index (χ3v) is 5.89. The van der Waals surface area contributed by atoms with Crippen LogP contribution in [0.1, 0.15) is 26.2 Å². The first-order valence-corrected chi connectivity index (χ1v) is 8.43. The topological polar surface area (TPSA) is 66.5 Å².